The van der Waals surface area contributed by atoms with Crippen molar-refractivity contribution in [2.45, 2.75) is 38.8 Å². The molecule has 0 saturated carbocycles. The second-order valence-corrected chi connectivity index (χ2v) is 4.99. The number of carbonyl (C=O) groups is 1. The molecule has 1 aliphatic heterocycles. The summed E-state index contributed by atoms with van der Waals surface area (Å²) in [6, 6.07) is 0.577. The maximum atomic E-state index is 10.9. The average Bonchev–Trinajstić information content (AvgIpc) is 2.90. The third-order valence-electron chi connectivity index (χ3n) is 3.62. The minimum Gasteiger partial charge on any atom is -0.356 e. The molecule has 0 spiro atoms. The summed E-state index contributed by atoms with van der Waals surface area (Å²) in [5, 5.41) is 2.88. The lowest BCUT2D eigenvalue weighted by Gasteiger charge is -2.24. The second kappa shape index (κ2) is 6.00. The van der Waals surface area contributed by atoms with Gasteiger partial charge in [-0.1, -0.05) is 0 Å². The van der Waals surface area contributed by atoms with Crippen molar-refractivity contribution in [3.8, 4) is 0 Å². The first kappa shape index (κ1) is 13.1. The first-order valence-corrected chi connectivity index (χ1v) is 6.61. The maximum absolute atomic E-state index is 10.9. The van der Waals surface area contributed by atoms with Crippen molar-refractivity contribution in [3.63, 3.8) is 0 Å². The molecule has 1 unspecified atom stereocenters. The number of rotatable bonds is 5. The van der Waals surface area contributed by atoms with Gasteiger partial charge >= 0.3 is 0 Å². The van der Waals surface area contributed by atoms with Crippen LogP contribution >= 0.6 is 0 Å². The van der Waals surface area contributed by atoms with Crippen LogP contribution in [0.1, 0.15) is 32.0 Å². The topological polar surface area (TPSA) is 50.2 Å². The lowest BCUT2D eigenvalue weighted by Crippen LogP contribution is -2.33. The van der Waals surface area contributed by atoms with Crippen molar-refractivity contribution in [2.75, 3.05) is 13.1 Å². The van der Waals surface area contributed by atoms with Gasteiger partial charge in [-0.2, -0.15) is 0 Å². The Hall–Kier alpha value is -1.36. The van der Waals surface area contributed by atoms with Crippen LogP contribution in [-0.2, 0) is 18.4 Å². The third-order valence-corrected chi connectivity index (χ3v) is 3.62. The van der Waals surface area contributed by atoms with E-state index < -0.39 is 0 Å². The predicted octanol–water partition coefficient (Wildman–Crippen LogP) is 0.911. The van der Waals surface area contributed by atoms with E-state index in [9.17, 15) is 4.79 Å². The zero-order chi connectivity index (χ0) is 13.0. The highest BCUT2D eigenvalue weighted by Gasteiger charge is 2.24. The Morgan fingerprint density at radius 3 is 3.11 bits per heavy atom. The molecule has 1 fully saturated rings. The maximum Gasteiger partial charge on any atom is 0.216 e. The van der Waals surface area contributed by atoms with Crippen LogP contribution in [0.3, 0.4) is 0 Å². The van der Waals surface area contributed by atoms with Gasteiger partial charge in [0.1, 0.15) is 5.82 Å². The van der Waals surface area contributed by atoms with Crippen molar-refractivity contribution in [1.82, 2.24) is 19.8 Å². The Balaban J connectivity index is 1.84. The molecule has 1 aromatic heterocycles. The largest absolute Gasteiger partial charge is 0.356 e. The molecule has 0 aromatic carbocycles. The number of hydrogen-bond donors (Lipinski definition) is 1. The smallest absolute Gasteiger partial charge is 0.216 e. The second-order valence-electron chi connectivity index (χ2n) is 4.99. The summed E-state index contributed by atoms with van der Waals surface area (Å²) in [5.74, 6) is 1.17. The Labute approximate surface area is 108 Å². The molecule has 1 aromatic rings. The number of amides is 1. The molecule has 1 amide bonds. The molecule has 5 heteroatoms. The van der Waals surface area contributed by atoms with Gasteiger partial charge in [-0.15, -0.1) is 0 Å². The van der Waals surface area contributed by atoms with E-state index in [-0.39, 0.29) is 5.91 Å². The molecule has 18 heavy (non-hydrogen) atoms. The molecular formula is C13H22N4O. The lowest BCUT2D eigenvalue weighted by atomic mass is 10.1. The molecule has 1 saturated heterocycles. The van der Waals surface area contributed by atoms with Crippen LogP contribution in [0.15, 0.2) is 12.4 Å². The fourth-order valence-electron chi connectivity index (χ4n) is 2.58. The van der Waals surface area contributed by atoms with Crippen LogP contribution in [0.4, 0.5) is 0 Å². The fraction of sp³-hybridized carbons (Fsp3) is 0.692. The quantitative estimate of drug-likeness (QED) is 0.845. The molecule has 0 bridgehead atoms. The number of aryl methyl sites for hydroxylation is 1. The molecule has 100 valence electrons. The Morgan fingerprint density at radius 2 is 2.44 bits per heavy atom. The summed E-state index contributed by atoms with van der Waals surface area (Å²) in [6.45, 7) is 4.39. The zero-order valence-corrected chi connectivity index (χ0v) is 11.2. The van der Waals surface area contributed by atoms with E-state index in [4.69, 9.17) is 0 Å². The number of likely N-dealkylation sites (tertiary alicyclic amines) is 1. The molecule has 1 N–H and O–H groups in total. The van der Waals surface area contributed by atoms with Gasteiger partial charge in [0.2, 0.25) is 5.91 Å². The summed E-state index contributed by atoms with van der Waals surface area (Å²) in [7, 11) is 2.03. The molecule has 1 atom stereocenters. The van der Waals surface area contributed by atoms with Crippen LogP contribution < -0.4 is 5.32 Å². The lowest BCUT2D eigenvalue weighted by molar-refractivity contribution is -0.119. The fourth-order valence-corrected chi connectivity index (χ4v) is 2.58. The van der Waals surface area contributed by atoms with E-state index in [1.807, 2.05) is 19.4 Å². The van der Waals surface area contributed by atoms with Crippen molar-refractivity contribution >= 4 is 5.91 Å². The highest BCUT2D eigenvalue weighted by molar-refractivity contribution is 5.72. The molecule has 1 aliphatic rings. The predicted molar refractivity (Wildman–Crippen MR) is 69.9 cm³/mol. The van der Waals surface area contributed by atoms with Crippen LogP contribution in [-0.4, -0.2) is 39.5 Å². The van der Waals surface area contributed by atoms with Gasteiger partial charge in [0, 0.05) is 39.0 Å². The Morgan fingerprint density at radius 1 is 1.61 bits per heavy atom. The summed E-state index contributed by atoms with van der Waals surface area (Å²) in [6.07, 6.45) is 7.33. The number of aromatic nitrogens is 2. The van der Waals surface area contributed by atoms with Gasteiger partial charge in [-0.25, -0.2) is 4.98 Å². The minimum absolute atomic E-state index is 0.0589. The highest BCUT2D eigenvalue weighted by Crippen LogP contribution is 2.21. The minimum atomic E-state index is 0.0589. The summed E-state index contributed by atoms with van der Waals surface area (Å²) in [4.78, 5) is 17.7. The van der Waals surface area contributed by atoms with Gasteiger partial charge in [0.15, 0.2) is 0 Å². The molecular weight excluding hydrogens is 228 g/mol. The normalized spacial score (nSPS) is 20.2. The number of nitrogens with one attached hydrogen (secondary N) is 1. The van der Waals surface area contributed by atoms with E-state index in [1.54, 1.807) is 6.92 Å². The molecule has 5 nitrogen and oxygen atoms in total. The van der Waals surface area contributed by atoms with Crippen molar-refractivity contribution in [2.24, 2.45) is 7.05 Å². The Kier molecular flexibility index (Phi) is 4.36. The van der Waals surface area contributed by atoms with E-state index in [0.29, 0.717) is 6.04 Å². The monoisotopic (exact) mass is 250 g/mol. The van der Waals surface area contributed by atoms with Gasteiger partial charge in [-0.3, -0.25) is 9.69 Å². The molecule has 0 radical (unpaired) electrons. The summed E-state index contributed by atoms with van der Waals surface area (Å²) < 4.78 is 2.07. The third kappa shape index (κ3) is 3.32. The number of nitrogens with zero attached hydrogens (tertiary/aromatic N) is 3. The van der Waals surface area contributed by atoms with E-state index in [0.717, 1.165) is 31.9 Å². The summed E-state index contributed by atoms with van der Waals surface area (Å²) >= 11 is 0. The number of hydrogen-bond acceptors (Lipinski definition) is 3. The summed E-state index contributed by atoms with van der Waals surface area (Å²) in [5.41, 5.74) is 0. The van der Waals surface area contributed by atoms with E-state index >= 15 is 0 Å². The molecule has 2 rings (SSSR count). The van der Waals surface area contributed by atoms with Crippen LogP contribution in [0.25, 0.3) is 0 Å². The van der Waals surface area contributed by atoms with Crippen molar-refractivity contribution < 1.29 is 4.79 Å². The highest BCUT2D eigenvalue weighted by atomic mass is 16.1. The zero-order valence-electron chi connectivity index (χ0n) is 11.2. The number of imidazole rings is 1. The first-order valence-electron chi connectivity index (χ1n) is 6.61. The Bertz CT molecular complexity index is 401. The SMILES string of the molecule is CC(=O)NCCC1CCCN1Cc1nccn1C. The van der Waals surface area contributed by atoms with E-state index in [2.05, 4.69) is 19.8 Å². The number of carbonyl (C=O) groups excluding carboxylic acids is 1. The van der Waals surface area contributed by atoms with Gasteiger partial charge < -0.3 is 9.88 Å². The van der Waals surface area contributed by atoms with Crippen LogP contribution in [0.2, 0.25) is 0 Å². The average molecular weight is 250 g/mol. The molecule has 0 aliphatic carbocycles. The van der Waals surface area contributed by atoms with Gasteiger partial charge in [-0.05, 0) is 25.8 Å². The van der Waals surface area contributed by atoms with Gasteiger partial charge in [0.25, 0.3) is 0 Å². The van der Waals surface area contributed by atoms with Crippen molar-refractivity contribution in [1.29, 1.82) is 0 Å². The van der Waals surface area contributed by atoms with Crippen molar-refractivity contribution in [3.05, 3.63) is 18.2 Å². The van der Waals surface area contributed by atoms with E-state index in [1.165, 1.54) is 12.8 Å². The van der Waals surface area contributed by atoms with Crippen LogP contribution in [0.5, 0.6) is 0 Å². The van der Waals surface area contributed by atoms with Crippen LogP contribution in [0, 0.1) is 0 Å². The molecule has 2 heterocycles. The van der Waals surface area contributed by atoms with Gasteiger partial charge in [0.05, 0.1) is 6.54 Å². The standard InChI is InChI=1S/C13H22N4O/c1-11(18)14-6-5-12-4-3-8-17(12)10-13-15-7-9-16(13)2/h7,9,12H,3-6,8,10H2,1-2H3,(H,14,18). The first-order chi connectivity index (χ1) is 8.66.